The van der Waals surface area contributed by atoms with E-state index >= 15 is 0 Å². The molecule has 0 saturated carbocycles. The van der Waals surface area contributed by atoms with Gasteiger partial charge in [-0.25, -0.2) is 9.37 Å². The van der Waals surface area contributed by atoms with Crippen molar-refractivity contribution < 1.29 is 9.18 Å². The summed E-state index contributed by atoms with van der Waals surface area (Å²) in [4.78, 5) is 18.0. The molecule has 2 heterocycles. The van der Waals surface area contributed by atoms with Crippen LogP contribution in [0, 0.1) is 26.6 Å². The van der Waals surface area contributed by atoms with Crippen LogP contribution >= 0.6 is 23.6 Å². The number of benzene rings is 1. The first-order valence-electron chi connectivity index (χ1n) is 8.06. The number of thiophene rings is 1. The highest BCUT2D eigenvalue weighted by molar-refractivity contribution is 7.80. The molecular weight excluding hydrogens is 385 g/mol. The van der Waals surface area contributed by atoms with Crippen LogP contribution in [0.4, 0.5) is 15.8 Å². The van der Waals surface area contributed by atoms with Gasteiger partial charge in [0.05, 0.1) is 5.69 Å². The summed E-state index contributed by atoms with van der Waals surface area (Å²) in [5.74, 6) is -0.769. The van der Waals surface area contributed by atoms with E-state index in [0.29, 0.717) is 26.6 Å². The molecule has 0 atom stereocenters. The molecule has 0 aliphatic carbocycles. The minimum absolute atomic E-state index is 0.122. The standard InChI is InChI=1S/C18H18FN5OS2/c1-8-4-5-11(7-12(8)19)22-18(26)24-23-16(25)15-14(20)13-9(2)6-10(3)21-17(13)27-15/h4-7H,20H2,1-3H3,(H,23,25)(H2,22,24,26). The van der Waals surface area contributed by atoms with Gasteiger partial charge in [0.1, 0.15) is 15.5 Å². The van der Waals surface area contributed by atoms with Crippen LogP contribution in [-0.2, 0) is 0 Å². The van der Waals surface area contributed by atoms with E-state index in [4.69, 9.17) is 18.0 Å². The third kappa shape index (κ3) is 3.99. The topological polar surface area (TPSA) is 92.1 Å². The molecule has 0 aliphatic rings. The van der Waals surface area contributed by atoms with E-state index < -0.39 is 5.91 Å². The van der Waals surface area contributed by atoms with Crippen molar-refractivity contribution in [1.29, 1.82) is 0 Å². The number of rotatable bonds is 2. The van der Waals surface area contributed by atoms with Gasteiger partial charge in [-0.3, -0.25) is 15.6 Å². The lowest BCUT2D eigenvalue weighted by Crippen LogP contribution is -2.43. The van der Waals surface area contributed by atoms with Gasteiger partial charge in [0.25, 0.3) is 5.91 Å². The quantitative estimate of drug-likeness (QED) is 0.386. The lowest BCUT2D eigenvalue weighted by molar-refractivity contribution is 0.0949. The summed E-state index contributed by atoms with van der Waals surface area (Å²) >= 11 is 6.33. The Morgan fingerprint density at radius 2 is 1.93 bits per heavy atom. The Morgan fingerprint density at radius 1 is 1.19 bits per heavy atom. The van der Waals surface area contributed by atoms with Crippen molar-refractivity contribution in [3.05, 3.63) is 51.8 Å². The predicted octanol–water partition coefficient (Wildman–Crippen LogP) is 3.57. The number of aryl methyl sites for hydroxylation is 3. The summed E-state index contributed by atoms with van der Waals surface area (Å²) in [5, 5.41) is 3.71. The number of carbonyl (C=O) groups is 1. The Balaban J connectivity index is 1.69. The Morgan fingerprint density at radius 3 is 2.63 bits per heavy atom. The number of nitrogen functional groups attached to an aromatic ring is 1. The van der Waals surface area contributed by atoms with Gasteiger partial charge >= 0.3 is 0 Å². The maximum absolute atomic E-state index is 13.6. The molecule has 9 heteroatoms. The fourth-order valence-electron chi connectivity index (χ4n) is 2.64. The predicted molar refractivity (Wildman–Crippen MR) is 111 cm³/mol. The molecule has 5 N–H and O–H groups in total. The van der Waals surface area contributed by atoms with Crippen LogP contribution in [0.2, 0.25) is 0 Å². The molecule has 0 unspecified atom stereocenters. The molecular formula is C18H18FN5OS2. The average Bonchev–Trinajstić information content (AvgIpc) is 2.93. The summed E-state index contributed by atoms with van der Waals surface area (Å²) in [6, 6.07) is 6.57. The van der Waals surface area contributed by atoms with Crippen LogP contribution in [0.1, 0.15) is 26.5 Å². The lowest BCUT2D eigenvalue weighted by Gasteiger charge is -2.11. The molecule has 0 saturated heterocycles. The number of nitrogens with two attached hydrogens (primary N) is 1. The number of aromatic nitrogens is 1. The van der Waals surface area contributed by atoms with Crippen LogP contribution in [0.5, 0.6) is 0 Å². The van der Waals surface area contributed by atoms with Crippen LogP contribution in [0.15, 0.2) is 24.3 Å². The molecule has 3 aromatic rings. The van der Waals surface area contributed by atoms with Crippen molar-refractivity contribution in [2.75, 3.05) is 11.1 Å². The van der Waals surface area contributed by atoms with Crippen molar-refractivity contribution in [1.82, 2.24) is 15.8 Å². The molecule has 0 spiro atoms. The number of amides is 1. The van der Waals surface area contributed by atoms with E-state index in [1.807, 2.05) is 19.9 Å². The first-order chi connectivity index (χ1) is 12.8. The van der Waals surface area contributed by atoms with Crippen molar-refractivity contribution in [2.45, 2.75) is 20.8 Å². The highest BCUT2D eigenvalue weighted by Gasteiger charge is 2.19. The Hall–Kier alpha value is -2.78. The summed E-state index contributed by atoms with van der Waals surface area (Å²) in [6.45, 7) is 5.49. The van der Waals surface area contributed by atoms with E-state index in [2.05, 4.69) is 21.2 Å². The second-order valence-electron chi connectivity index (χ2n) is 6.10. The molecule has 0 radical (unpaired) electrons. The van der Waals surface area contributed by atoms with E-state index in [0.717, 1.165) is 16.6 Å². The summed E-state index contributed by atoms with van der Waals surface area (Å²) < 4.78 is 13.6. The van der Waals surface area contributed by atoms with Crippen molar-refractivity contribution in [3.63, 3.8) is 0 Å². The van der Waals surface area contributed by atoms with Gasteiger partial charge in [-0.15, -0.1) is 11.3 Å². The first kappa shape index (κ1) is 19.0. The zero-order chi connectivity index (χ0) is 19.7. The largest absolute Gasteiger partial charge is 0.397 e. The molecule has 2 aromatic heterocycles. The number of anilines is 2. The zero-order valence-electron chi connectivity index (χ0n) is 14.9. The molecule has 0 aliphatic heterocycles. The molecule has 0 bridgehead atoms. The monoisotopic (exact) mass is 403 g/mol. The highest BCUT2D eigenvalue weighted by Crippen LogP contribution is 2.34. The van der Waals surface area contributed by atoms with Gasteiger partial charge in [0.15, 0.2) is 5.11 Å². The molecule has 1 aromatic carbocycles. The molecule has 140 valence electrons. The van der Waals surface area contributed by atoms with Crippen LogP contribution in [-0.4, -0.2) is 16.0 Å². The summed E-state index contributed by atoms with van der Waals surface area (Å²) in [7, 11) is 0. The molecule has 3 rings (SSSR count). The summed E-state index contributed by atoms with van der Waals surface area (Å²) in [6.07, 6.45) is 0. The number of thiocarbonyl (C=S) groups is 1. The number of nitrogens with one attached hydrogen (secondary N) is 3. The number of hydrazine groups is 1. The average molecular weight is 404 g/mol. The number of carbonyl (C=O) groups excluding carboxylic acids is 1. The molecule has 1 amide bonds. The minimum atomic E-state index is -0.424. The van der Waals surface area contributed by atoms with Crippen LogP contribution in [0.3, 0.4) is 0 Å². The molecule has 6 nitrogen and oxygen atoms in total. The Labute approximate surface area is 165 Å². The Kier molecular flexibility index (Phi) is 5.24. The van der Waals surface area contributed by atoms with Gasteiger partial charge in [0, 0.05) is 16.8 Å². The molecule has 0 fully saturated rings. The van der Waals surface area contributed by atoms with Gasteiger partial charge in [0.2, 0.25) is 0 Å². The van der Waals surface area contributed by atoms with Crippen molar-refractivity contribution >= 4 is 56.2 Å². The fourth-order valence-corrected chi connectivity index (χ4v) is 3.92. The van der Waals surface area contributed by atoms with Crippen molar-refractivity contribution in [2.24, 2.45) is 0 Å². The van der Waals surface area contributed by atoms with Crippen LogP contribution in [0.25, 0.3) is 10.2 Å². The highest BCUT2D eigenvalue weighted by atomic mass is 32.1. The third-order valence-electron chi connectivity index (χ3n) is 3.95. The van der Waals surface area contributed by atoms with Crippen LogP contribution < -0.4 is 21.9 Å². The number of halogens is 1. The van der Waals surface area contributed by atoms with Gasteiger partial charge in [-0.1, -0.05) is 6.07 Å². The maximum Gasteiger partial charge on any atom is 0.281 e. The fraction of sp³-hybridized carbons (Fsp3) is 0.167. The SMILES string of the molecule is Cc1cc(C)c2c(N)c(C(=O)NNC(=S)Nc3ccc(C)c(F)c3)sc2n1. The number of hydrogen-bond acceptors (Lipinski definition) is 5. The normalized spacial score (nSPS) is 10.7. The van der Waals surface area contributed by atoms with E-state index in [-0.39, 0.29) is 10.9 Å². The third-order valence-corrected chi connectivity index (χ3v) is 5.25. The second kappa shape index (κ2) is 7.45. The van der Waals surface area contributed by atoms with E-state index in [9.17, 15) is 9.18 Å². The maximum atomic E-state index is 13.6. The first-order valence-corrected chi connectivity index (χ1v) is 9.28. The second-order valence-corrected chi connectivity index (χ2v) is 7.51. The number of nitrogens with zero attached hydrogens (tertiary/aromatic N) is 1. The summed E-state index contributed by atoms with van der Waals surface area (Å²) in [5.41, 5.74) is 14.5. The number of pyridine rings is 1. The zero-order valence-corrected chi connectivity index (χ0v) is 16.6. The van der Waals surface area contributed by atoms with E-state index in [1.54, 1.807) is 19.1 Å². The smallest absolute Gasteiger partial charge is 0.281 e. The van der Waals surface area contributed by atoms with E-state index in [1.165, 1.54) is 17.4 Å². The van der Waals surface area contributed by atoms with Gasteiger partial charge in [-0.2, -0.15) is 0 Å². The minimum Gasteiger partial charge on any atom is -0.397 e. The van der Waals surface area contributed by atoms with Crippen molar-refractivity contribution in [3.8, 4) is 0 Å². The molecule has 27 heavy (non-hydrogen) atoms. The number of fused-ring (bicyclic) bond motifs is 1. The van der Waals surface area contributed by atoms with Gasteiger partial charge in [-0.05, 0) is 62.3 Å². The van der Waals surface area contributed by atoms with Gasteiger partial charge < -0.3 is 11.1 Å². The lowest BCUT2D eigenvalue weighted by atomic mass is 10.1. The number of hydrogen-bond donors (Lipinski definition) is 4. The Bertz CT molecular complexity index is 1060.